The minimum absolute atomic E-state index is 0.282. The highest BCUT2D eigenvalue weighted by Gasteiger charge is 2.43. The van der Waals surface area contributed by atoms with Crippen molar-refractivity contribution in [1.29, 1.82) is 0 Å². The van der Waals surface area contributed by atoms with Crippen molar-refractivity contribution in [3.8, 4) is 5.69 Å². The van der Waals surface area contributed by atoms with Gasteiger partial charge in [-0.05, 0) is 24.3 Å². The van der Waals surface area contributed by atoms with Gasteiger partial charge in [-0.25, -0.2) is 9.78 Å². The fourth-order valence-electron chi connectivity index (χ4n) is 2.11. The average molecular weight is 382 g/mol. The van der Waals surface area contributed by atoms with Gasteiger partial charge in [0.05, 0.1) is 6.26 Å². The van der Waals surface area contributed by atoms with Crippen LogP contribution in [0.1, 0.15) is 10.6 Å². The second-order valence-electron chi connectivity index (χ2n) is 5.14. The molecule has 0 aliphatic heterocycles. The second-order valence-corrected chi connectivity index (χ2v) is 6.13. The molecule has 9 heteroatoms. The van der Waals surface area contributed by atoms with Crippen molar-refractivity contribution in [2.24, 2.45) is 0 Å². The van der Waals surface area contributed by atoms with Crippen LogP contribution in [-0.2, 0) is 4.74 Å². The third-order valence-electron chi connectivity index (χ3n) is 3.34. The molecular formula is C17H13F3N2O3S. The van der Waals surface area contributed by atoms with Crippen LogP contribution in [-0.4, -0.2) is 33.6 Å². The normalized spacial score (nSPS) is 12.7. The summed E-state index contributed by atoms with van der Waals surface area (Å²) in [6.07, 6.45) is -2.67. The molecule has 2 heterocycles. The van der Waals surface area contributed by atoms with Crippen molar-refractivity contribution in [2.45, 2.75) is 17.4 Å². The number of hydrogen-bond acceptors (Lipinski definition) is 5. The highest BCUT2D eigenvalue weighted by molar-refractivity contribution is 7.99. The first-order valence-corrected chi connectivity index (χ1v) is 8.46. The monoisotopic (exact) mass is 382 g/mol. The summed E-state index contributed by atoms with van der Waals surface area (Å²) in [6, 6.07) is 11.7. The first kappa shape index (κ1) is 18.1. The number of halogens is 3. The van der Waals surface area contributed by atoms with Gasteiger partial charge >= 0.3 is 12.1 Å². The van der Waals surface area contributed by atoms with Gasteiger partial charge in [0.2, 0.25) is 11.9 Å². The van der Waals surface area contributed by atoms with Gasteiger partial charge in [-0.2, -0.15) is 13.2 Å². The van der Waals surface area contributed by atoms with Crippen LogP contribution in [0.5, 0.6) is 0 Å². The Kier molecular flexibility index (Phi) is 5.36. The molecule has 2 aromatic heterocycles. The molecule has 0 spiro atoms. The molecule has 1 aromatic carbocycles. The zero-order valence-electron chi connectivity index (χ0n) is 13.2. The van der Waals surface area contributed by atoms with Crippen molar-refractivity contribution in [3.05, 3.63) is 66.9 Å². The number of esters is 1. The van der Waals surface area contributed by atoms with Crippen LogP contribution in [0.3, 0.4) is 0 Å². The van der Waals surface area contributed by atoms with Crippen LogP contribution in [0, 0.1) is 0 Å². The summed E-state index contributed by atoms with van der Waals surface area (Å²) in [4.78, 5) is 15.8. The van der Waals surface area contributed by atoms with Crippen LogP contribution in [0.15, 0.2) is 70.7 Å². The molecular weight excluding hydrogens is 369 g/mol. The summed E-state index contributed by atoms with van der Waals surface area (Å²) in [7, 11) is 0. The van der Waals surface area contributed by atoms with Gasteiger partial charge in [-0.3, -0.25) is 4.57 Å². The lowest BCUT2D eigenvalue weighted by atomic mass is 10.3. The molecule has 0 unspecified atom stereocenters. The average Bonchev–Trinajstić information content (AvgIpc) is 3.29. The summed E-state index contributed by atoms with van der Waals surface area (Å²) < 4.78 is 50.7. The maximum atomic E-state index is 13.2. The molecule has 136 valence electrons. The number of alkyl halides is 3. The number of hydrogen-bond donors (Lipinski definition) is 0. The largest absolute Gasteiger partial charge is 0.457 e. The molecule has 1 atom stereocenters. The van der Waals surface area contributed by atoms with Gasteiger partial charge < -0.3 is 9.15 Å². The van der Waals surface area contributed by atoms with Crippen LogP contribution < -0.4 is 0 Å². The van der Waals surface area contributed by atoms with E-state index in [0.717, 1.165) is 17.4 Å². The number of furan rings is 1. The predicted molar refractivity (Wildman–Crippen MR) is 88.3 cm³/mol. The van der Waals surface area contributed by atoms with Crippen LogP contribution in [0.2, 0.25) is 0 Å². The first-order chi connectivity index (χ1) is 12.4. The van der Waals surface area contributed by atoms with Gasteiger partial charge in [0.15, 0.2) is 5.16 Å². The van der Waals surface area contributed by atoms with Crippen molar-refractivity contribution in [2.75, 3.05) is 5.75 Å². The first-order valence-electron chi connectivity index (χ1n) is 7.48. The summed E-state index contributed by atoms with van der Waals surface area (Å²) in [5.74, 6) is -1.97. The number of benzene rings is 1. The summed E-state index contributed by atoms with van der Waals surface area (Å²) >= 11 is 0.847. The van der Waals surface area contributed by atoms with E-state index < -0.39 is 24.0 Å². The van der Waals surface area contributed by atoms with Gasteiger partial charge in [0.1, 0.15) is 0 Å². The molecule has 0 bridgehead atoms. The van der Waals surface area contributed by atoms with E-state index >= 15 is 0 Å². The Morgan fingerprint density at radius 3 is 2.65 bits per heavy atom. The van der Waals surface area contributed by atoms with Crippen LogP contribution in [0.25, 0.3) is 5.69 Å². The van der Waals surface area contributed by atoms with Gasteiger partial charge in [0.25, 0.3) is 0 Å². The number of aromatic nitrogens is 2. The molecule has 0 radical (unpaired) electrons. The molecule has 0 amide bonds. The molecule has 0 fully saturated rings. The lowest BCUT2D eigenvalue weighted by Crippen LogP contribution is -2.36. The lowest BCUT2D eigenvalue weighted by molar-refractivity contribution is -0.197. The van der Waals surface area contributed by atoms with Crippen molar-refractivity contribution < 1.29 is 27.1 Å². The minimum Gasteiger partial charge on any atom is -0.457 e. The smallest absolute Gasteiger partial charge is 0.426 e. The molecule has 0 aliphatic rings. The van der Waals surface area contributed by atoms with E-state index in [9.17, 15) is 18.0 Å². The molecule has 3 rings (SSSR count). The van der Waals surface area contributed by atoms with E-state index in [4.69, 9.17) is 4.42 Å². The zero-order chi connectivity index (χ0) is 18.6. The Bertz CT molecular complexity index is 848. The number of carbonyl (C=O) groups is 1. The molecule has 0 aliphatic carbocycles. The van der Waals surface area contributed by atoms with E-state index in [2.05, 4.69) is 9.72 Å². The molecule has 5 nitrogen and oxygen atoms in total. The minimum atomic E-state index is -4.71. The Labute approximate surface area is 150 Å². The van der Waals surface area contributed by atoms with Crippen molar-refractivity contribution >= 4 is 17.7 Å². The highest BCUT2D eigenvalue weighted by Crippen LogP contribution is 2.30. The summed E-state index contributed by atoms with van der Waals surface area (Å²) in [5.41, 5.74) is 0.767. The third-order valence-corrected chi connectivity index (χ3v) is 4.37. The van der Waals surface area contributed by atoms with Crippen LogP contribution in [0.4, 0.5) is 13.2 Å². The number of nitrogens with zero attached hydrogens (tertiary/aromatic N) is 2. The van der Waals surface area contributed by atoms with Crippen molar-refractivity contribution in [3.63, 3.8) is 0 Å². The third kappa shape index (κ3) is 4.29. The van der Waals surface area contributed by atoms with E-state index in [1.807, 2.05) is 30.3 Å². The maximum absolute atomic E-state index is 13.2. The van der Waals surface area contributed by atoms with E-state index in [1.54, 1.807) is 10.8 Å². The Hall–Kier alpha value is -2.68. The predicted octanol–water partition coefficient (Wildman–Crippen LogP) is 4.35. The zero-order valence-corrected chi connectivity index (χ0v) is 14.0. The topological polar surface area (TPSA) is 57.3 Å². The number of para-hydroxylation sites is 1. The fourth-order valence-corrected chi connectivity index (χ4v) is 3.11. The summed E-state index contributed by atoms with van der Waals surface area (Å²) in [6.45, 7) is 0. The Morgan fingerprint density at radius 2 is 2.00 bits per heavy atom. The molecule has 0 saturated heterocycles. The number of thioether (sulfide) groups is 1. The van der Waals surface area contributed by atoms with E-state index in [0.29, 0.717) is 5.16 Å². The Balaban J connectivity index is 1.71. The molecule has 26 heavy (non-hydrogen) atoms. The standard InChI is InChI=1S/C17H13F3N2O3S/c18-17(19,20)14(25-15(23)13-7-4-10-24-13)11-26-16-21-8-9-22(16)12-5-2-1-3-6-12/h1-10,14H,11H2/t14-/m1/s1. The van der Waals surface area contributed by atoms with Gasteiger partial charge in [-0.1, -0.05) is 30.0 Å². The summed E-state index contributed by atoms with van der Waals surface area (Å²) in [5, 5.41) is 0.361. The lowest BCUT2D eigenvalue weighted by Gasteiger charge is -2.19. The van der Waals surface area contributed by atoms with E-state index in [-0.39, 0.29) is 5.76 Å². The highest BCUT2D eigenvalue weighted by atomic mass is 32.2. The Morgan fingerprint density at radius 1 is 1.23 bits per heavy atom. The SMILES string of the molecule is O=C(O[C@H](CSc1nccn1-c1ccccc1)C(F)(F)F)c1ccco1. The molecule has 0 saturated carbocycles. The number of carbonyl (C=O) groups excluding carboxylic acids is 1. The maximum Gasteiger partial charge on any atom is 0.426 e. The van der Waals surface area contributed by atoms with Crippen LogP contribution >= 0.6 is 11.8 Å². The molecule has 0 N–H and O–H groups in total. The number of ether oxygens (including phenoxy) is 1. The molecule has 3 aromatic rings. The van der Waals surface area contributed by atoms with Gasteiger partial charge in [-0.15, -0.1) is 0 Å². The number of imidazole rings is 1. The van der Waals surface area contributed by atoms with Gasteiger partial charge in [0, 0.05) is 23.8 Å². The van der Waals surface area contributed by atoms with E-state index in [1.165, 1.54) is 24.6 Å². The second kappa shape index (κ2) is 7.69. The fraction of sp³-hybridized carbons (Fsp3) is 0.176. The quantitative estimate of drug-likeness (QED) is 0.469. The van der Waals surface area contributed by atoms with Crippen molar-refractivity contribution in [1.82, 2.24) is 9.55 Å². The number of rotatable bonds is 6.